The van der Waals surface area contributed by atoms with Gasteiger partial charge in [-0.05, 0) is 43.4 Å². The topological polar surface area (TPSA) is 63.0 Å². The highest BCUT2D eigenvalue weighted by molar-refractivity contribution is 5.76. The molecule has 1 atom stereocenters. The second kappa shape index (κ2) is 12.7. The van der Waals surface area contributed by atoms with Gasteiger partial charge in [0.25, 0.3) is 0 Å². The van der Waals surface area contributed by atoms with Crippen molar-refractivity contribution < 1.29 is 17.6 Å². The highest BCUT2D eigenvalue weighted by atomic mass is 19.4. The molecule has 8 heteroatoms. The maximum Gasteiger partial charge on any atom is 0.416 e. The summed E-state index contributed by atoms with van der Waals surface area (Å²) in [7, 11) is 1.84. The van der Waals surface area contributed by atoms with Crippen molar-refractivity contribution in [3.63, 3.8) is 0 Å². The highest BCUT2D eigenvalue weighted by Gasteiger charge is 2.30. The molecular formula is C23H31F3N4O. The first kappa shape index (κ1) is 26.2. The summed E-state index contributed by atoms with van der Waals surface area (Å²) in [6.07, 6.45) is -4.36. The summed E-state index contributed by atoms with van der Waals surface area (Å²) in [5.41, 5.74) is 1.17. The van der Waals surface area contributed by atoms with Crippen molar-refractivity contribution in [3.8, 4) is 11.5 Å². The normalized spacial score (nSPS) is 11.5. The van der Waals surface area contributed by atoms with E-state index in [4.69, 9.17) is 4.42 Å². The number of anilines is 2. The van der Waals surface area contributed by atoms with Crippen LogP contribution in [-0.2, 0) is 6.18 Å². The molecule has 3 aromatic rings. The fraction of sp³-hybridized carbons (Fsp3) is 0.391. The molecule has 0 aliphatic rings. The molecule has 2 aromatic carbocycles. The molecule has 1 aromatic heterocycles. The minimum atomic E-state index is -4.36. The SMILES string of the molecule is CC.CC.CNCC(C)c1nnc(-c2ccccc2Nc2ccc(C(F)(F)F)cc2)o1. The van der Waals surface area contributed by atoms with Crippen LogP contribution < -0.4 is 10.6 Å². The van der Waals surface area contributed by atoms with Gasteiger partial charge in [-0.1, -0.05) is 46.8 Å². The number of alkyl halides is 3. The van der Waals surface area contributed by atoms with E-state index in [-0.39, 0.29) is 5.92 Å². The van der Waals surface area contributed by atoms with Crippen molar-refractivity contribution in [2.75, 3.05) is 18.9 Å². The molecule has 0 aliphatic carbocycles. The molecule has 0 aliphatic heterocycles. The second-order valence-corrected chi connectivity index (χ2v) is 6.15. The van der Waals surface area contributed by atoms with Gasteiger partial charge in [0.1, 0.15) is 0 Å². The number of halogens is 3. The second-order valence-electron chi connectivity index (χ2n) is 6.15. The summed E-state index contributed by atoms with van der Waals surface area (Å²) in [5, 5.41) is 14.4. The van der Waals surface area contributed by atoms with E-state index in [1.54, 1.807) is 6.07 Å². The van der Waals surface area contributed by atoms with Crippen LogP contribution in [0.3, 0.4) is 0 Å². The number of rotatable bonds is 6. The lowest BCUT2D eigenvalue weighted by Gasteiger charge is -2.11. The number of aromatic nitrogens is 2. The van der Waals surface area contributed by atoms with Crippen molar-refractivity contribution in [2.45, 2.75) is 46.7 Å². The molecule has 0 spiro atoms. The van der Waals surface area contributed by atoms with Gasteiger partial charge >= 0.3 is 6.18 Å². The van der Waals surface area contributed by atoms with Gasteiger partial charge < -0.3 is 15.1 Å². The molecule has 170 valence electrons. The molecule has 0 saturated heterocycles. The first-order valence-corrected chi connectivity index (χ1v) is 10.4. The summed E-state index contributed by atoms with van der Waals surface area (Å²) in [6, 6.07) is 12.1. The van der Waals surface area contributed by atoms with E-state index in [9.17, 15) is 13.2 Å². The number of para-hydroxylation sites is 1. The van der Waals surface area contributed by atoms with Crippen LogP contribution in [0.5, 0.6) is 0 Å². The van der Waals surface area contributed by atoms with Crippen LogP contribution in [0.4, 0.5) is 24.5 Å². The molecule has 0 amide bonds. The van der Waals surface area contributed by atoms with Crippen LogP contribution in [0.25, 0.3) is 11.5 Å². The molecule has 0 saturated carbocycles. The predicted octanol–water partition coefficient (Wildman–Crippen LogP) is 6.87. The van der Waals surface area contributed by atoms with Crippen LogP contribution in [-0.4, -0.2) is 23.8 Å². The quantitative estimate of drug-likeness (QED) is 0.441. The number of likely N-dealkylation sites (N-methyl/N-ethyl adjacent to an activating group) is 1. The van der Waals surface area contributed by atoms with Gasteiger partial charge in [-0.3, -0.25) is 0 Å². The largest absolute Gasteiger partial charge is 0.420 e. The molecule has 1 heterocycles. The molecule has 2 N–H and O–H groups in total. The fourth-order valence-electron chi connectivity index (χ4n) is 2.61. The van der Waals surface area contributed by atoms with E-state index in [2.05, 4.69) is 20.8 Å². The number of hydrogen-bond acceptors (Lipinski definition) is 5. The average Bonchev–Trinajstić information content (AvgIpc) is 3.27. The van der Waals surface area contributed by atoms with Crippen molar-refractivity contribution >= 4 is 11.4 Å². The minimum absolute atomic E-state index is 0.0614. The molecule has 0 fully saturated rings. The third kappa shape index (κ3) is 7.40. The number of nitrogens with one attached hydrogen (secondary N) is 2. The van der Waals surface area contributed by atoms with Crippen molar-refractivity contribution in [3.05, 3.63) is 60.0 Å². The van der Waals surface area contributed by atoms with Gasteiger partial charge in [-0.25, -0.2) is 0 Å². The Morgan fingerprint density at radius 2 is 1.55 bits per heavy atom. The molecule has 5 nitrogen and oxygen atoms in total. The Bertz CT molecular complexity index is 892. The van der Waals surface area contributed by atoms with E-state index in [0.29, 0.717) is 35.3 Å². The zero-order chi connectivity index (χ0) is 23.4. The molecule has 0 bridgehead atoms. The summed E-state index contributed by atoms with van der Waals surface area (Å²) in [5.74, 6) is 0.929. The lowest BCUT2D eigenvalue weighted by molar-refractivity contribution is -0.137. The highest BCUT2D eigenvalue weighted by Crippen LogP contribution is 2.33. The number of hydrogen-bond donors (Lipinski definition) is 2. The molecule has 3 rings (SSSR count). The fourth-order valence-corrected chi connectivity index (χ4v) is 2.61. The Labute approximate surface area is 182 Å². The minimum Gasteiger partial charge on any atom is -0.420 e. The van der Waals surface area contributed by atoms with Gasteiger partial charge in [0.2, 0.25) is 11.8 Å². The van der Waals surface area contributed by atoms with E-state index >= 15 is 0 Å². The lowest BCUT2D eigenvalue weighted by atomic mass is 10.1. The predicted molar refractivity (Wildman–Crippen MR) is 119 cm³/mol. The zero-order valence-electron chi connectivity index (χ0n) is 18.8. The maximum atomic E-state index is 12.7. The van der Waals surface area contributed by atoms with Gasteiger partial charge in [0.15, 0.2) is 0 Å². The Kier molecular flexibility index (Phi) is 10.8. The van der Waals surface area contributed by atoms with Crippen molar-refractivity contribution in [1.29, 1.82) is 0 Å². The summed E-state index contributed by atoms with van der Waals surface area (Å²) < 4.78 is 43.9. The first-order chi connectivity index (χ1) is 14.9. The molecular weight excluding hydrogens is 405 g/mol. The van der Waals surface area contributed by atoms with Crippen molar-refractivity contribution in [1.82, 2.24) is 15.5 Å². The average molecular weight is 437 g/mol. The Balaban J connectivity index is 0.00000113. The van der Waals surface area contributed by atoms with Gasteiger partial charge in [0, 0.05) is 18.2 Å². The van der Waals surface area contributed by atoms with Gasteiger partial charge in [-0.2, -0.15) is 13.2 Å². The molecule has 31 heavy (non-hydrogen) atoms. The van der Waals surface area contributed by atoms with Crippen molar-refractivity contribution in [2.24, 2.45) is 0 Å². The molecule has 0 radical (unpaired) electrons. The van der Waals surface area contributed by atoms with Crippen LogP contribution in [0.2, 0.25) is 0 Å². The summed E-state index contributed by atoms with van der Waals surface area (Å²) in [6.45, 7) is 10.7. The third-order valence-corrected chi connectivity index (χ3v) is 4.02. The van der Waals surface area contributed by atoms with E-state index < -0.39 is 11.7 Å². The third-order valence-electron chi connectivity index (χ3n) is 4.02. The van der Waals surface area contributed by atoms with E-state index in [0.717, 1.165) is 12.1 Å². The monoisotopic (exact) mass is 436 g/mol. The Morgan fingerprint density at radius 1 is 0.935 bits per heavy atom. The van der Waals surface area contributed by atoms with Gasteiger partial charge in [-0.15, -0.1) is 10.2 Å². The lowest BCUT2D eigenvalue weighted by Crippen LogP contribution is -2.14. The van der Waals surface area contributed by atoms with E-state index in [1.165, 1.54) is 12.1 Å². The van der Waals surface area contributed by atoms with E-state index in [1.807, 2.05) is 59.9 Å². The Hall–Kier alpha value is -2.87. The smallest absolute Gasteiger partial charge is 0.416 e. The maximum absolute atomic E-state index is 12.7. The summed E-state index contributed by atoms with van der Waals surface area (Å²) in [4.78, 5) is 0. The number of benzene rings is 2. The van der Waals surface area contributed by atoms with Crippen LogP contribution in [0.1, 0.15) is 52.0 Å². The zero-order valence-corrected chi connectivity index (χ0v) is 18.8. The van der Waals surface area contributed by atoms with Crippen LogP contribution in [0.15, 0.2) is 52.9 Å². The molecule has 1 unspecified atom stereocenters. The Morgan fingerprint density at radius 3 is 2.13 bits per heavy atom. The number of nitrogens with zero attached hydrogens (tertiary/aromatic N) is 2. The summed E-state index contributed by atoms with van der Waals surface area (Å²) >= 11 is 0. The first-order valence-electron chi connectivity index (χ1n) is 10.4. The van der Waals surface area contributed by atoms with Gasteiger partial charge in [0.05, 0.1) is 16.8 Å². The standard InChI is InChI=1S/C19H19F3N4O.2C2H6/c1-12(11-23-2)17-25-26-18(27-17)15-5-3-4-6-16(15)24-14-9-7-13(8-10-14)19(20,21)22;2*1-2/h3-10,12,23-24H,11H2,1-2H3;2*1-2H3. The van der Waals surface area contributed by atoms with Crippen LogP contribution >= 0.6 is 0 Å². The van der Waals surface area contributed by atoms with Crippen LogP contribution in [0, 0.1) is 0 Å².